The summed E-state index contributed by atoms with van der Waals surface area (Å²) in [6.07, 6.45) is 0. The molecular formula is C25H23N5O3S. The largest absolute Gasteiger partial charge is 0.497 e. The van der Waals surface area contributed by atoms with E-state index in [0.29, 0.717) is 22.4 Å². The molecule has 9 heteroatoms. The van der Waals surface area contributed by atoms with Gasteiger partial charge in [0.25, 0.3) is 0 Å². The lowest BCUT2D eigenvalue weighted by molar-refractivity contribution is -0.134. The molecule has 1 aromatic heterocycles. The van der Waals surface area contributed by atoms with E-state index in [1.165, 1.54) is 0 Å². The third-order valence-electron chi connectivity index (χ3n) is 4.67. The number of carbonyl (C=O) groups excluding carboxylic acids is 1. The van der Waals surface area contributed by atoms with Gasteiger partial charge < -0.3 is 9.47 Å². The van der Waals surface area contributed by atoms with Gasteiger partial charge in [0, 0.05) is 17.3 Å². The second-order valence-corrected chi connectivity index (χ2v) is 7.88. The van der Waals surface area contributed by atoms with Crippen molar-refractivity contribution in [3.63, 3.8) is 0 Å². The lowest BCUT2D eigenvalue weighted by Gasteiger charge is -2.11. The number of ether oxygens (including phenoxy) is 2. The van der Waals surface area contributed by atoms with Gasteiger partial charge in [-0.1, -0.05) is 54.6 Å². The Balaban J connectivity index is 1.72. The second kappa shape index (κ2) is 11.2. The van der Waals surface area contributed by atoms with E-state index in [0.717, 1.165) is 23.0 Å². The van der Waals surface area contributed by atoms with Crippen LogP contribution in [0.5, 0.6) is 5.75 Å². The fourth-order valence-electron chi connectivity index (χ4n) is 3.12. The zero-order chi connectivity index (χ0) is 23.8. The highest BCUT2D eigenvalue weighted by Crippen LogP contribution is 2.29. The Kier molecular flexibility index (Phi) is 7.56. The van der Waals surface area contributed by atoms with Crippen molar-refractivity contribution >= 4 is 28.5 Å². The number of nitrogens with one attached hydrogen (secondary N) is 1. The number of nitrogens with zero attached hydrogens (tertiary/aromatic N) is 4. The molecule has 0 saturated heterocycles. The number of carbonyl (C=O) groups is 1. The first-order chi connectivity index (χ1) is 16.7. The van der Waals surface area contributed by atoms with Crippen LogP contribution in [0.25, 0.3) is 17.1 Å². The van der Waals surface area contributed by atoms with Gasteiger partial charge in [0.1, 0.15) is 5.75 Å². The highest BCUT2D eigenvalue weighted by Gasteiger charge is 2.22. The van der Waals surface area contributed by atoms with E-state index in [1.54, 1.807) is 20.1 Å². The lowest BCUT2D eigenvalue weighted by Crippen LogP contribution is -2.17. The Hall–Kier alpha value is -4.11. The van der Waals surface area contributed by atoms with Crippen LogP contribution in [0.4, 0.5) is 5.69 Å². The maximum absolute atomic E-state index is 12.7. The molecule has 0 radical (unpaired) electrons. The van der Waals surface area contributed by atoms with Gasteiger partial charge in [0.05, 0.1) is 19.4 Å². The summed E-state index contributed by atoms with van der Waals surface area (Å²) in [5.74, 6) is 0.756. The minimum atomic E-state index is -0.563. The van der Waals surface area contributed by atoms with Crippen LogP contribution >= 0.6 is 11.8 Å². The smallest absolute Gasteiger partial charge is 0.365 e. The molecule has 0 spiro atoms. The Morgan fingerprint density at radius 2 is 1.74 bits per heavy atom. The van der Waals surface area contributed by atoms with Crippen LogP contribution in [-0.2, 0) is 9.53 Å². The van der Waals surface area contributed by atoms with Crippen molar-refractivity contribution < 1.29 is 14.3 Å². The molecule has 4 rings (SSSR count). The molecule has 3 aromatic carbocycles. The van der Waals surface area contributed by atoms with Gasteiger partial charge in [-0.3, -0.25) is 9.99 Å². The van der Waals surface area contributed by atoms with Crippen LogP contribution in [-0.4, -0.2) is 39.5 Å². The Labute approximate surface area is 201 Å². The van der Waals surface area contributed by atoms with Gasteiger partial charge in [-0.25, -0.2) is 4.79 Å². The third kappa shape index (κ3) is 5.44. The zero-order valence-electron chi connectivity index (χ0n) is 18.7. The molecular weight excluding hydrogens is 450 g/mol. The van der Waals surface area contributed by atoms with E-state index in [4.69, 9.17) is 9.47 Å². The fraction of sp³-hybridized carbons (Fsp3) is 0.120. The minimum Gasteiger partial charge on any atom is -0.497 e. The molecule has 0 atom stereocenters. The van der Waals surface area contributed by atoms with Crippen molar-refractivity contribution in [2.75, 3.05) is 19.1 Å². The van der Waals surface area contributed by atoms with Crippen molar-refractivity contribution in [2.45, 2.75) is 12.1 Å². The highest BCUT2D eigenvalue weighted by molar-refractivity contribution is 8.15. The first-order valence-electron chi connectivity index (χ1n) is 10.6. The number of aromatic nitrogens is 3. The number of benzene rings is 3. The quantitative estimate of drug-likeness (QED) is 0.132. The van der Waals surface area contributed by atoms with Gasteiger partial charge in [0.15, 0.2) is 5.82 Å². The monoisotopic (exact) mass is 473 g/mol. The summed E-state index contributed by atoms with van der Waals surface area (Å²) in [5.41, 5.74) is 5.33. The zero-order valence-corrected chi connectivity index (χ0v) is 19.5. The van der Waals surface area contributed by atoms with Crippen LogP contribution in [0.2, 0.25) is 0 Å². The van der Waals surface area contributed by atoms with Crippen molar-refractivity contribution in [3.05, 3.63) is 84.9 Å². The number of thioether (sulfide) groups is 1. The number of anilines is 1. The number of esters is 1. The molecule has 0 aliphatic rings. The maximum Gasteiger partial charge on any atom is 0.365 e. The highest BCUT2D eigenvalue weighted by atomic mass is 32.2. The summed E-state index contributed by atoms with van der Waals surface area (Å²) in [6.45, 7) is 1.97. The number of hydrogen-bond acceptors (Lipinski definition) is 8. The molecule has 0 amide bonds. The summed E-state index contributed by atoms with van der Waals surface area (Å²) in [4.78, 5) is 12.7. The summed E-state index contributed by atoms with van der Waals surface area (Å²) in [6, 6.07) is 26.7. The van der Waals surface area contributed by atoms with Crippen LogP contribution < -0.4 is 10.2 Å². The van der Waals surface area contributed by atoms with Crippen molar-refractivity contribution in [1.29, 1.82) is 0 Å². The first-order valence-corrected chi connectivity index (χ1v) is 11.4. The number of rotatable bonds is 7. The van der Waals surface area contributed by atoms with E-state index >= 15 is 0 Å². The van der Waals surface area contributed by atoms with Gasteiger partial charge >= 0.3 is 5.97 Å². The molecule has 4 aromatic rings. The first kappa shape index (κ1) is 23.1. The average molecular weight is 474 g/mol. The number of para-hydroxylation sites is 1. The van der Waals surface area contributed by atoms with Gasteiger partial charge in [-0.05, 0) is 43.0 Å². The maximum atomic E-state index is 12.7. The fourth-order valence-corrected chi connectivity index (χ4v) is 3.89. The lowest BCUT2D eigenvalue weighted by atomic mass is 10.2. The molecule has 0 aliphatic heterocycles. The van der Waals surface area contributed by atoms with Crippen molar-refractivity contribution in [2.24, 2.45) is 5.10 Å². The molecule has 34 heavy (non-hydrogen) atoms. The van der Waals surface area contributed by atoms with Crippen molar-refractivity contribution in [1.82, 2.24) is 14.8 Å². The Morgan fingerprint density at radius 1 is 1.00 bits per heavy atom. The van der Waals surface area contributed by atoms with Gasteiger partial charge in [-0.15, -0.1) is 10.2 Å². The average Bonchev–Trinajstić information content (AvgIpc) is 3.31. The molecule has 0 bridgehead atoms. The van der Waals surface area contributed by atoms with Crippen LogP contribution in [0.3, 0.4) is 0 Å². The summed E-state index contributed by atoms with van der Waals surface area (Å²) in [7, 11) is 1.59. The summed E-state index contributed by atoms with van der Waals surface area (Å²) < 4.78 is 12.4. The molecule has 0 aliphatic carbocycles. The Bertz CT molecular complexity index is 1280. The normalized spacial score (nSPS) is 11.2. The van der Waals surface area contributed by atoms with Crippen LogP contribution in [0.15, 0.2) is 95.2 Å². The third-order valence-corrected chi connectivity index (χ3v) is 5.57. The molecule has 1 N–H and O–H groups in total. The van der Waals surface area contributed by atoms with Crippen LogP contribution in [0, 0.1) is 0 Å². The molecule has 0 saturated carbocycles. The topological polar surface area (TPSA) is 90.6 Å². The Morgan fingerprint density at radius 3 is 2.44 bits per heavy atom. The van der Waals surface area contributed by atoms with E-state index in [9.17, 15) is 4.79 Å². The summed E-state index contributed by atoms with van der Waals surface area (Å²) in [5, 5.41) is 13.7. The molecule has 172 valence electrons. The number of hydrogen-bond donors (Lipinski definition) is 1. The van der Waals surface area contributed by atoms with Gasteiger partial charge in [0.2, 0.25) is 10.2 Å². The van der Waals surface area contributed by atoms with Crippen molar-refractivity contribution in [3.8, 4) is 22.8 Å². The van der Waals surface area contributed by atoms with Gasteiger partial charge in [-0.2, -0.15) is 5.10 Å². The summed E-state index contributed by atoms with van der Waals surface area (Å²) >= 11 is 1.07. The van der Waals surface area contributed by atoms with E-state index in [1.807, 2.05) is 83.4 Å². The SMILES string of the molecule is CCOC(=O)C(=NNc1cccc(OC)c1)Sc1nnc(-c2ccccc2)n1-c1ccccc1. The standard InChI is InChI=1S/C25H23N5O3S/c1-3-33-24(31)23(28-26-19-13-10-16-21(17-19)32-2)34-25-29-27-22(18-11-6-4-7-12-18)30(25)20-14-8-5-9-15-20/h4-17,26H,3H2,1-2H3. The molecule has 8 nitrogen and oxygen atoms in total. The van der Waals surface area contributed by atoms with E-state index < -0.39 is 5.97 Å². The van der Waals surface area contributed by atoms with Crippen LogP contribution in [0.1, 0.15) is 6.92 Å². The number of hydrazone groups is 1. The molecule has 0 fully saturated rings. The van der Waals surface area contributed by atoms with E-state index in [-0.39, 0.29) is 11.7 Å². The second-order valence-electron chi connectivity index (χ2n) is 6.93. The molecule has 1 heterocycles. The number of methoxy groups -OCH3 is 1. The predicted octanol–water partition coefficient (Wildman–Crippen LogP) is 5.02. The molecule has 0 unspecified atom stereocenters. The van der Waals surface area contributed by atoms with E-state index in [2.05, 4.69) is 20.7 Å². The predicted molar refractivity (Wildman–Crippen MR) is 133 cm³/mol. The minimum absolute atomic E-state index is 0.0915.